The van der Waals surface area contributed by atoms with Gasteiger partial charge < -0.3 is 0 Å². The number of hydrogen-bond donors (Lipinski definition) is 0. The molecule has 0 radical (unpaired) electrons. The van der Waals surface area contributed by atoms with Crippen LogP contribution in [0.5, 0.6) is 0 Å². The number of rotatable bonds is 3. The van der Waals surface area contributed by atoms with Gasteiger partial charge in [-0.2, -0.15) is 0 Å². The van der Waals surface area contributed by atoms with Crippen molar-refractivity contribution >= 4 is 0 Å². The molecule has 0 fully saturated rings. The second-order valence-electron chi connectivity index (χ2n) is 4.40. The standard InChI is InChI=1S/C17H14N2/c1-3-7-14(8-4-1)13-16-11-12-18-17(19-16)15-9-5-2-6-10-15/h1-12H,13H2. The van der Waals surface area contributed by atoms with Crippen molar-refractivity contribution in [3.63, 3.8) is 0 Å². The Balaban J connectivity index is 1.89. The van der Waals surface area contributed by atoms with Gasteiger partial charge in [0, 0.05) is 23.9 Å². The summed E-state index contributed by atoms with van der Waals surface area (Å²) in [6.45, 7) is 0. The Morgan fingerprint density at radius 3 is 2.16 bits per heavy atom. The van der Waals surface area contributed by atoms with Gasteiger partial charge >= 0.3 is 0 Å². The van der Waals surface area contributed by atoms with Crippen molar-refractivity contribution in [3.8, 4) is 11.4 Å². The average molecular weight is 246 g/mol. The van der Waals surface area contributed by atoms with Gasteiger partial charge in [0.1, 0.15) is 0 Å². The molecule has 0 saturated heterocycles. The van der Waals surface area contributed by atoms with Crippen molar-refractivity contribution in [2.75, 3.05) is 0 Å². The molecule has 2 heteroatoms. The molecular formula is C17H14N2. The fraction of sp³-hybridized carbons (Fsp3) is 0.0588. The third-order valence-corrected chi connectivity index (χ3v) is 2.97. The summed E-state index contributed by atoms with van der Waals surface area (Å²) >= 11 is 0. The van der Waals surface area contributed by atoms with E-state index in [1.54, 1.807) is 0 Å². The Labute approximate surface area is 112 Å². The number of aromatic nitrogens is 2. The maximum Gasteiger partial charge on any atom is 0.159 e. The lowest BCUT2D eigenvalue weighted by Crippen LogP contribution is -1.96. The predicted molar refractivity (Wildman–Crippen MR) is 76.7 cm³/mol. The van der Waals surface area contributed by atoms with Gasteiger partial charge in [0.15, 0.2) is 5.82 Å². The van der Waals surface area contributed by atoms with Crippen LogP contribution >= 0.6 is 0 Å². The van der Waals surface area contributed by atoms with Gasteiger partial charge in [-0.3, -0.25) is 0 Å². The van der Waals surface area contributed by atoms with Crippen molar-refractivity contribution in [2.45, 2.75) is 6.42 Å². The van der Waals surface area contributed by atoms with E-state index in [4.69, 9.17) is 0 Å². The monoisotopic (exact) mass is 246 g/mol. The summed E-state index contributed by atoms with van der Waals surface area (Å²) in [5.74, 6) is 0.786. The lowest BCUT2D eigenvalue weighted by Gasteiger charge is -2.04. The van der Waals surface area contributed by atoms with E-state index in [0.29, 0.717) is 0 Å². The lowest BCUT2D eigenvalue weighted by molar-refractivity contribution is 1.03. The quantitative estimate of drug-likeness (QED) is 0.703. The minimum atomic E-state index is 0.786. The molecule has 1 heterocycles. The molecule has 0 spiro atoms. The third-order valence-electron chi connectivity index (χ3n) is 2.97. The van der Waals surface area contributed by atoms with E-state index < -0.39 is 0 Å². The van der Waals surface area contributed by atoms with Crippen LogP contribution in [0.4, 0.5) is 0 Å². The highest BCUT2D eigenvalue weighted by Crippen LogP contribution is 2.15. The largest absolute Gasteiger partial charge is 0.237 e. The molecule has 0 bridgehead atoms. The van der Waals surface area contributed by atoms with Crippen LogP contribution in [0, 0.1) is 0 Å². The van der Waals surface area contributed by atoms with Gasteiger partial charge in [-0.05, 0) is 11.6 Å². The van der Waals surface area contributed by atoms with Crippen LogP contribution in [0.3, 0.4) is 0 Å². The van der Waals surface area contributed by atoms with Crippen LogP contribution in [0.15, 0.2) is 72.9 Å². The van der Waals surface area contributed by atoms with Crippen LogP contribution < -0.4 is 0 Å². The molecule has 0 aliphatic rings. The topological polar surface area (TPSA) is 25.8 Å². The second-order valence-corrected chi connectivity index (χ2v) is 4.40. The second kappa shape index (κ2) is 5.44. The maximum absolute atomic E-state index is 4.63. The summed E-state index contributed by atoms with van der Waals surface area (Å²) in [7, 11) is 0. The molecule has 0 saturated carbocycles. The van der Waals surface area contributed by atoms with Gasteiger partial charge in [-0.1, -0.05) is 60.7 Å². The Kier molecular flexibility index (Phi) is 3.32. The van der Waals surface area contributed by atoms with E-state index >= 15 is 0 Å². The highest BCUT2D eigenvalue weighted by molar-refractivity contribution is 5.54. The minimum absolute atomic E-state index is 0.786. The summed E-state index contributed by atoms with van der Waals surface area (Å²) in [6, 6.07) is 22.4. The molecule has 3 aromatic rings. The Morgan fingerprint density at radius 1 is 0.737 bits per heavy atom. The summed E-state index contributed by atoms with van der Waals surface area (Å²) in [5.41, 5.74) is 3.36. The molecule has 0 unspecified atom stereocenters. The highest BCUT2D eigenvalue weighted by atomic mass is 14.9. The molecule has 3 rings (SSSR count). The Bertz CT molecular complexity index is 648. The van der Waals surface area contributed by atoms with Crippen molar-refractivity contribution < 1.29 is 0 Å². The third kappa shape index (κ3) is 2.86. The zero-order valence-electron chi connectivity index (χ0n) is 10.5. The van der Waals surface area contributed by atoms with Crippen LogP contribution in [-0.2, 0) is 6.42 Å². The van der Waals surface area contributed by atoms with E-state index in [9.17, 15) is 0 Å². The van der Waals surface area contributed by atoms with Crippen LogP contribution in [-0.4, -0.2) is 9.97 Å². The summed E-state index contributed by atoms with van der Waals surface area (Å²) in [5, 5.41) is 0. The molecule has 0 amide bonds. The lowest BCUT2D eigenvalue weighted by atomic mass is 10.1. The molecule has 0 aliphatic carbocycles. The first-order valence-corrected chi connectivity index (χ1v) is 6.33. The van der Waals surface area contributed by atoms with Crippen molar-refractivity contribution in [1.29, 1.82) is 0 Å². The molecule has 0 N–H and O–H groups in total. The number of benzene rings is 2. The molecule has 19 heavy (non-hydrogen) atoms. The van der Waals surface area contributed by atoms with Crippen molar-refractivity contribution in [1.82, 2.24) is 9.97 Å². The Morgan fingerprint density at radius 2 is 1.42 bits per heavy atom. The van der Waals surface area contributed by atoms with Gasteiger partial charge in [0.05, 0.1) is 0 Å². The van der Waals surface area contributed by atoms with Crippen molar-refractivity contribution in [2.24, 2.45) is 0 Å². The van der Waals surface area contributed by atoms with E-state index in [1.165, 1.54) is 5.56 Å². The van der Waals surface area contributed by atoms with Gasteiger partial charge in [-0.25, -0.2) is 9.97 Å². The fourth-order valence-corrected chi connectivity index (χ4v) is 2.03. The van der Waals surface area contributed by atoms with Crippen LogP contribution in [0.25, 0.3) is 11.4 Å². The van der Waals surface area contributed by atoms with Gasteiger partial charge in [0.25, 0.3) is 0 Å². The zero-order valence-corrected chi connectivity index (χ0v) is 10.5. The van der Waals surface area contributed by atoms with Crippen molar-refractivity contribution in [3.05, 3.63) is 84.2 Å². The predicted octanol–water partition coefficient (Wildman–Crippen LogP) is 3.73. The van der Waals surface area contributed by atoms with E-state index in [1.807, 2.05) is 48.7 Å². The first-order chi connectivity index (χ1) is 9.42. The molecular weight excluding hydrogens is 232 g/mol. The number of nitrogens with zero attached hydrogens (tertiary/aromatic N) is 2. The zero-order chi connectivity index (χ0) is 12.9. The molecule has 0 atom stereocenters. The van der Waals surface area contributed by atoms with Crippen LogP contribution in [0.2, 0.25) is 0 Å². The summed E-state index contributed by atoms with van der Waals surface area (Å²) in [6.07, 6.45) is 2.66. The first-order valence-electron chi connectivity index (χ1n) is 6.33. The highest BCUT2D eigenvalue weighted by Gasteiger charge is 2.02. The van der Waals surface area contributed by atoms with E-state index in [2.05, 4.69) is 34.2 Å². The summed E-state index contributed by atoms with van der Waals surface area (Å²) in [4.78, 5) is 8.97. The Hall–Kier alpha value is -2.48. The van der Waals surface area contributed by atoms with Crippen LogP contribution in [0.1, 0.15) is 11.3 Å². The molecule has 2 nitrogen and oxygen atoms in total. The fourth-order valence-electron chi connectivity index (χ4n) is 2.03. The average Bonchev–Trinajstić information content (AvgIpc) is 2.49. The molecule has 2 aromatic carbocycles. The van der Waals surface area contributed by atoms with Gasteiger partial charge in [0.2, 0.25) is 0 Å². The maximum atomic E-state index is 4.63. The summed E-state index contributed by atoms with van der Waals surface area (Å²) < 4.78 is 0. The molecule has 0 aliphatic heterocycles. The smallest absolute Gasteiger partial charge is 0.159 e. The normalized spacial score (nSPS) is 10.3. The van der Waals surface area contributed by atoms with E-state index in [-0.39, 0.29) is 0 Å². The minimum Gasteiger partial charge on any atom is -0.237 e. The SMILES string of the molecule is c1ccc(Cc2ccnc(-c3ccccc3)n2)cc1. The molecule has 92 valence electrons. The van der Waals surface area contributed by atoms with E-state index in [0.717, 1.165) is 23.5 Å². The first kappa shape index (κ1) is 11.6. The molecule has 1 aromatic heterocycles. The number of hydrogen-bond acceptors (Lipinski definition) is 2. The van der Waals surface area contributed by atoms with Gasteiger partial charge in [-0.15, -0.1) is 0 Å².